The minimum atomic E-state index is -1.42. The lowest BCUT2D eigenvalue weighted by molar-refractivity contribution is -0.131. The van der Waals surface area contributed by atoms with Gasteiger partial charge in [-0.2, -0.15) is 0 Å². The van der Waals surface area contributed by atoms with E-state index >= 15 is 0 Å². The predicted octanol–water partition coefficient (Wildman–Crippen LogP) is 1.31. The highest BCUT2D eigenvalue weighted by atomic mass is 16.5. The Labute approximate surface area is 79.0 Å². The Morgan fingerprint density at radius 3 is 2.77 bits per heavy atom. The summed E-state index contributed by atoms with van der Waals surface area (Å²) in [5, 5.41) is 8.80. The average molecular weight is 183 g/mol. The number of aromatic carboxylic acids is 1. The maximum atomic E-state index is 10.8. The number of hydrogen-bond acceptors (Lipinski definition) is 3. The van der Waals surface area contributed by atoms with E-state index in [-0.39, 0.29) is 0 Å². The van der Waals surface area contributed by atoms with Crippen molar-refractivity contribution in [2.24, 2.45) is 0 Å². The Balaban J connectivity index is 3.47. The normalized spacial score (nSPS) is 12.5. The number of carboxylic acid groups (broad SMARTS) is 1. The van der Waals surface area contributed by atoms with Crippen LogP contribution in [-0.4, -0.2) is 17.0 Å². The maximum Gasteiger partial charge on any atom is 0.339 e. The Kier molecular flexibility index (Phi) is 1.64. The number of carboxylic acids is 1. The van der Waals surface area contributed by atoms with E-state index in [0.29, 0.717) is 0 Å². The van der Waals surface area contributed by atoms with Gasteiger partial charge < -0.3 is 9.84 Å². The van der Waals surface area contributed by atoms with Crippen LogP contribution in [0.5, 0.6) is 5.75 Å². The number of carbonyl (C=O) groups is 2. The lowest BCUT2D eigenvalue weighted by Crippen LogP contribution is -2.06. The Morgan fingerprint density at radius 1 is 1.54 bits per heavy atom. The zero-order chi connectivity index (χ0) is 12.5. The highest BCUT2D eigenvalue weighted by Crippen LogP contribution is 2.17. The molecule has 0 aliphatic heterocycles. The fraction of sp³-hybridized carbons (Fsp3) is 0.111. The van der Waals surface area contributed by atoms with Crippen LogP contribution >= 0.6 is 0 Å². The van der Waals surface area contributed by atoms with Gasteiger partial charge in [0.15, 0.2) is 0 Å². The summed E-state index contributed by atoms with van der Waals surface area (Å²) in [5.41, 5.74) is -0.471. The minimum absolute atomic E-state index is 0.404. The topological polar surface area (TPSA) is 63.6 Å². The fourth-order valence-electron chi connectivity index (χ4n) is 0.717. The number of esters is 1. The highest BCUT2D eigenvalue weighted by molar-refractivity contribution is 5.91. The van der Waals surface area contributed by atoms with Crippen LogP contribution in [-0.2, 0) is 4.79 Å². The van der Waals surface area contributed by atoms with Crippen LogP contribution in [0.2, 0.25) is 0 Å². The molecule has 1 rings (SSSR count). The van der Waals surface area contributed by atoms with Crippen LogP contribution in [0.4, 0.5) is 0 Å². The second kappa shape index (κ2) is 3.71. The van der Waals surface area contributed by atoms with Crippen molar-refractivity contribution < 1.29 is 23.5 Å². The van der Waals surface area contributed by atoms with Crippen LogP contribution in [0.25, 0.3) is 0 Å². The molecule has 0 radical (unpaired) electrons. The molecule has 0 aliphatic rings. The molecule has 1 aromatic carbocycles. The lowest BCUT2D eigenvalue weighted by atomic mass is 10.2. The number of carbonyl (C=O) groups excluding carboxylic acids is 1. The molecule has 4 heteroatoms. The minimum Gasteiger partial charge on any atom is -0.478 e. The van der Waals surface area contributed by atoms with Gasteiger partial charge in [0.2, 0.25) is 0 Å². The highest BCUT2D eigenvalue weighted by Gasteiger charge is 2.10. The predicted molar refractivity (Wildman–Crippen MR) is 44.7 cm³/mol. The quantitative estimate of drug-likeness (QED) is 0.554. The van der Waals surface area contributed by atoms with Crippen molar-refractivity contribution in [3.8, 4) is 5.75 Å². The Hall–Kier alpha value is -1.84. The van der Waals surface area contributed by atoms with Crippen molar-refractivity contribution in [2.45, 2.75) is 6.92 Å². The van der Waals surface area contributed by atoms with E-state index < -0.39 is 41.4 Å². The van der Waals surface area contributed by atoms with Gasteiger partial charge in [-0.1, -0.05) is 12.1 Å². The van der Waals surface area contributed by atoms with E-state index in [2.05, 4.69) is 4.74 Å². The molecule has 13 heavy (non-hydrogen) atoms. The molecule has 0 fully saturated rings. The van der Waals surface area contributed by atoms with Crippen LogP contribution < -0.4 is 4.74 Å². The number of benzene rings is 1. The first-order valence-corrected chi connectivity index (χ1v) is 3.37. The van der Waals surface area contributed by atoms with Gasteiger partial charge >= 0.3 is 11.9 Å². The first-order chi connectivity index (χ1) is 7.34. The molecule has 0 saturated heterocycles. The molecule has 0 aliphatic carbocycles. The van der Waals surface area contributed by atoms with Crippen molar-refractivity contribution in [1.82, 2.24) is 0 Å². The smallest absolute Gasteiger partial charge is 0.339 e. The van der Waals surface area contributed by atoms with Crippen molar-refractivity contribution in [2.75, 3.05) is 0 Å². The van der Waals surface area contributed by atoms with Gasteiger partial charge in [0, 0.05) is 6.92 Å². The van der Waals surface area contributed by atoms with Gasteiger partial charge in [-0.15, -0.1) is 0 Å². The standard InChI is InChI=1S/C9H8O4/c1-6(10)13-8-5-3-2-4-7(8)9(11)12/h2-5H,1H3,(H,11,12)/i2D,3D,5D. The summed E-state index contributed by atoms with van der Waals surface area (Å²) in [6, 6.07) is -0.597. The third-order valence-electron chi connectivity index (χ3n) is 1.19. The van der Waals surface area contributed by atoms with Crippen molar-refractivity contribution in [3.05, 3.63) is 29.8 Å². The van der Waals surface area contributed by atoms with E-state index in [0.717, 1.165) is 13.0 Å². The zero-order valence-electron chi connectivity index (χ0n) is 9.75. The third-order valence-corrected chi connectivity index (χ3v) is 1.19. The molecule has 0 aromatic heterocycles. The van der Waals surface area contributed by atoms with E-state index in [1.54, 1.807) is 0 Å². The molecule has 0 amide bonds. The van der Waals surface area contributed by atoms with Crippen molar-refractivity contribution in [1.29, 1.82) is 0 Å². The Bertz CT molecular complexity index is 470. The van der Waals surface area contributed by atoms with Crippen LogP contribution in [0, 0.1) is 0 Å². The van der Waals surface area contributed by atoms with Gasteiger partial charge in [-0.3, -0.25) is 4.79 Å². The molecule has 0 unspecified atom stereocenters. The van der Waals surface area contributed by atoms with Gasteiger partial charge in [-0.25, -0.2) is 4.79 Å². The van der Waals surface area contributed by atoms with Crippen molar-refractivity contribution >= 4 is 11.9 Å². The molecular weight excluding hydrogens is 172 g/mol. The molecule has 1 N–H and O–H groups in total. The summed E-state index contributed by atoms with van der Waals surface area (Å²) in [6.45, 7) is 1.06. The van der Waals surface area contributed by atoms with Gasteiger partial charge in [0.05, 0.1) is 4.11 Å². The summed E-state index contributed by atoms with van der Waals surface area (Å²) in [6.07, 6.45) is 0. The fourth-order valence-corrected chi connectivity index (χ4v) is 0.717. The average Bonchev–Trinajstić information content (AvgIpc) is 2.17. The summed E-state index contributed by atoms with van der Waals surface area (Å²) < 4.78 is 26.5. The monoisotopic (exact) mass is 183 g/mol. The van der Waals surface area contributed by atoms with E-state index in [1.807, 2.05) is 0 Å². The second-order valence-corrected chi connectivity index (χ2v) is 2.18. The van der Waals surface area contributed by atoms with Crippen LogP contribution in [0.15, 0.2) is 24.2 Å². The van der Waals surface area contributed by atoms with E-state index in [1.165, 1.54) is 0 Å². The van der Waals surface area contributed by atoms with Gasteiger partial charge in [0.25, 0.3) is 0 Å². The Morgan fingerprint density at radius 2 is 2.23 bits per heavy atom. The molecule has 0 bridgehead atoms. The number of hydrogen-bond donors (Lipinski definition) is 1. The van der Waals surface area contributed by atoms with Gasteiger partial charge in [0.1, 0.15) is 11.3 Å². The maximum absolute atomic E-state index is 10.8. The summed E-state index contributed by atoms with van der Waals surface area (Å²) >= 11 is 0. The summed E-state index contributed by atoms with van der Waals surface area (Å²) in [7, 11) is 0. The first kappa shape index (κ1) is 5.75. The third kappa shape index (κ3) is 2.30. The molecule has 0 atom stereocenters. The largest absolute Gasteiger partial charge is 0.478 e. The molecule has 0 saturated carbocycles. The SMILES string of the molecule is [2H]c1cc(C(=O)O)c(OC(C)=O)c([2H])c1[2H]. The van der Waals surface area contributed by atoms with Crippen molar-refractivity contribution in [3.63, 3.8) is 0 Å². The second-order valence-electron chi connectivity index (χ2n) is 2.18. The zero-order valence-corrected chi connectivity index (χ0v) is 6.75. The molecule has 0 heterocycles. The van der Waals surface area contributed by atoms with E-state index in [9.17, 15) is 9.59 Å². The van der Waals surface area contributed by atoms with Crippen LogP contribution in [0.1, 0.15) is 21.4 Å². The number of para-hydroxylation sites is 1. The van der Waals surface area contributed by atoms with Crippen LogP contribution in [0.3, 0.4) is 0 Å². The molecule has 1 aromatic rings. The lowest BCUT2D eigenvalue weighted by Gasteiger charge is -2.03. The number of rotatable bonds is 2. The van der Waals surface area contributed by atoms with E-state index in [4.69, 9.17) is 9.22 Å². The van der Waals surface area contributed by atoms with Gasteiger partial charge in [-0.05, 0) is 12.1 Å². The summed E-state index contributed by atoms with van der Waals surface area (Å²) in [5.74, 6) is -2.70. The molecule has 4 nitrogen and oxygen atoms in total. The first-order valence-electron chi connectivity index (χ1n) is 4.87. The molecule has 68 valence electrons. The summed E-state index contributed by atoms with van der Waals surface area (Å²) in [4.78, 5) is 21.5. The molecule has 0 spiro atoms. The molecular formula is C9H8O4. The number of ether oxygens (including phenoxy) is 1.